The fourth-order valence-electron chi connectivity index (χ4n) is 2.32. The minimum atomic E-state index is -1.12. The molecule has 2 N–H and O–H groups in total. The Labute approximate surface area is 120 Å². The number of nitrogens with zero attached hydrogens (tertiary/aromatic N) is 3. The zero-order chi connectivity index (χ0) is 15.6. The first kappa shape index (κ1) is 14.7. The van der Waals surface area contributed by atoms with Gasteiger partial charge in [0.1, 0.15) is 11.3 Å². The number of benzene rings is 1. The molecule has 1 aliphatic rings. The van der Waals surface area contributed by atoms with Crippen LogP contribution in [0.1, 0.15) is 16.8 Å². The Morgan fingerprint density at radius 2 is 2.29 bits per heavy atom. The molecule has 1 aliphatic heterocycles. The quantitative estimate of drug-likeness (QED) is 0.612. The zero-order valence-electron chi connectivity index (χ0n) is 11.4. The Morgan fingerprint density at radius 1 is 1.62 bits per heavy atom. The normalized spacial score (nSPS) is 15.8. The summed E-state index contributed by atoms with van der Waals surface area (Å²) < 4.78 is 0. The van der Waals surface area contributed by atoms with Gasteiger partial charge in [-0.1, -0.05) is 0 Å². The number of carbonyl (C=O) groups is 1. The number of β-amino-alcohol motifs (C(OH)–C–C–N with tert-alkyl or cyclic N) is 1. The molecule has 21 heavy (non-hydrogen) atoms. The lowest BCUT2D eigenvalue weighted by Gasteiger charge is -2.46. The van der Waals surface area contributed by atoms with Gasteiger partial charge in [-0.25, -0.2) is 0 Å². The van der Waals surface area contributed by atoms with Crippen LogP contribution in [0.2, 0.25) is 0 Å². The second kappa shape index (κ2) is 5.38. The lowest BCUT2D eigenvalue weighted by Crippen LogP contribution is -2.62. The molecule has 1 fully saturated rings. The lowest BCUT2D eigenvalue weighted by molar-refractivity contribution is -0.384. The van der Waals surface area contributed by atoms with Gasteiger partial charge in [-0.2, -0.15) is 5.26 Å². The van der Waals surface area contributed by atoms with Gasteiger partial charge < -0.3 is 15.3 Å². The average molecular weight is 290 g/mol. The van der Waals surface area contributed by atoms with Crippen LogP contribution in [0, 0.1) is 21.4 Å². The molecule has 1 amide bonds. The number of nitriles is 1. The summed E-state index contributed by atoms with van der Waals surface area (Å²) in [4.78, 5) is 23.7. The number of nitro benzene ring substituents is 1. The maximum Gasteiger partial charge on any atom is 0.293 e. The summed E-state index contributed by atoms with van der Waals surface area (Å²) in [6.45, 7) is 0.307. The van der Waals surface area contributed by atoms with E-state index in [9.17, 15) is 20.0 Å². The second-order valence-corrected chi connectivity index (χ2v) is 4.96. The van der Waals surface area contributed by atoms with Crippen LogP contribution < -0.4 is 10.2 Å². The van der Waals surface area contributed by atoms with Crippen LogP contribution in [0.25, 0.3) is 0 Å². The predicted molar refractivity (Wildman–Crippen MR) is 73.9 cm³/mol. The van der Waals surface area contributed by atoms with Gasteiger partial charge in [0.2, 0.25) is 0 Å². The third kappa shape index (κ3) is 2.78. The molecule has 1 saturated heterocycles. The van der Waals surface area contributed by atoms with Crippen LogP contribution >= 0.6 is 0 Å². The van der Waals surface area contributed by atoms with Crippen LogP contribution in [0.15, 0.2) is 18.2 Å². The van der Waals surface area contributed by atoms with E-state index in [-0.39, 0.29) is 30.8 Å². The monoisotopic (exact) mass is 290 g/mol. The van der Waals surface area contributed by atoms with Gasteiger partial charge in [-0.05, 0) is 12.1 Å². The molecule has 0 radical (unpaired) electrons. The summed E-state index contributed by atoms with van der Waals surface area (Å²) in [7, 11) is 1.44. The molecule has 0 bridgehead atoms. The van der Waals surface area contributed by atoms with Crippen molar-refractivity contribution in [2.45, 2.75) is 12.0 Å². The molecule has 8 nitrogen and oxygen atoms in total. The maximum absolute atomic E-state index is 11.5. The summed E-state index contributed by atoms with van der Waals surface area (Å²) in [6.07, 6.45) is -0.0202. The number of anilines is 1. The van der Waals surface area contributed by atoms with Crippen molar-refractivity contribution < 1.29 is 14.8 Å². The van der Waals surface area contributed by atoms with Gasteiger partial charge in [0.15, 0.2) is 0 Å². The van der Waals surface area contributed by atoms with E-state index < -0.39 is 16.4 Å². The van der Waals surface area contributed by atoms with Crippen LogP contribution in [-0.2, 0) is 0 Å². The first-order chi connectivity index (χ1) is 9.90. The Bertz CT molecular complexity index is 632. The Hall–Kier alpha value is -2.66. The molecule has 0 atom stereocenters. The van der Waals surface area contributed by atoms with Gasteiger partial charge >= 0.3 is 0 Å². The highest BCUT2D eigenvalue weighted by atomic mass is 16.6. The fourth-order valence-corrected chi connectivity index (χ4v) is 2.32. The van der Waals surface area contributed by atoms with E-state index in [1.807, 2.05) is 6.07 Å². The van der Waals surface area contributed by atoms with E-state index in [1.165, 1.54) is 25.2 Å². The van der Waals surface area contributed by atoms with E-state index in [1.54, 1.807) is 4.90 Å². The number of hydrogen-bond donors (Lipinski definition) is 2. The number of hydrogen-bond acceptors (Lipinski definition) is 6. The van der Waals surface area contributed by atoms with E-state index in [4.69, 9.17) is 5.26 Å². The minimum Gasteiger partial charge on any atom is -0.385 e. The Balaban J connectivity index is 2.28. The Morgan fingerprint density at radius 3 is 2.81 bits per heavy atom. The third-order valence-electron chi connectivity index (χ3n) is 3.38. The van der Waals surface area contributed by atoms with Gasteiger partial charge in [-0.15, -0.1) is 0 Å². The molecule has 1 aromatic rings. The number of aliphatic hydroxyl groups is 1. The second-order valence-electron chi connectivity index (χ2n) is 4.96. The first-order valence-corrected chi connectivity index (χ1v) is 6.25. The van der Waals surface area contributed by atoms with Gasteiger partial charge in [0, 0.05) is 31.8 Å². The number of rotatable bonds is 4. The molecular formula is C13H14N4O4. The van der Waals surface area contributed by atoms with Gasteiger partial charge in [0.05, 0.1) is 17.4 Å². The smallest absolute Gasteiger partial charge is 0.293 e. The van der Waals surface area contributed by atoms with Crippen molar-refractivity contribution in [3.63, 3.8) is 0 Å². The van der Waals surface area contributed by atoms with Crippen LogP contribution in [-0.4, -0.2) is 41.7 Å². The molecule has 0 saturated carbocycles. The summed E-state index contributed by atoms with van der Waals surface area (Å²) >= 11 is 0. The number of amides is 1. The lowest BCUT2D eigenvalue weighted by atomic mass is 9.90. The summed E-state index contributed by atoms with van der Waals surface area (Å²) in [5.74, 6) is -0.408. The first-order valence-electron chi connectivity index (χ1n) is 6.25. The van der Waals surface area contributed by atoms with Crippen molar-refractivity contribution in [1.82, 2.24) is 5.32 Å². The van der Waals surface area contributed by atoms with Crippen molar-refractivity contribution in [2.75, 3.05) is 25.0 Å². The molecular weight excluding hydrogens is 276 g/mol. The summed E-state index contributed by atoms with van der Waals surface area (Å²) in [5.41, 5.74) is -0.798. The number of carbonyl (C=O) groups excluding carboxylic acids is 1. The molecule has 1 aromatic carbocycles. The van der Waals surface area contributed by atoms with Crippen molar-refractivity contribution in [2.24, 2.45) is 0 Å². The van der Waals surface area contributed by atoms with E-state index in [0.29, 0.717) is 5.69 Å². The molecule has 0 spiro atoms. The van der Waals surface area contributed by atoms with Crippen LogP contribution in [0.3, 0.4) is 0 Å². The highest BCUT2D eigenvalue weighted by Crippen LogP contribution is 2.36. The summed E-state index contributed by atoms with van der Waals surface area (Å²) in [5, 5.41) is 32.1. The van der Waals surface area contributed by atoms with E-state index in [0.717, 1.165) is 0 Å². The number of nitrogens with one attached hydrogen (secondary N) is 1. The van der Waals surface area contributed by atoms with E-state index in [2.05, 4.69) is 5.32 Å². The molecule has 110 valence electrons. The maximum atomic E-state index is 11.5. The molecule has 0 aliphatic carbocycles. The van der Waals surface area contributed by atoms with Gasteiger partial charge in [-0.3, -0.25) is 14.9 Å². The highest BCUT2D eigenvalue weighted by molar-refractivity contribution is 5.95. The van der Waals surface area contributed by atoms with Gasteiger partial charge in [0.25, 0.3) is 11.6 Å². The van der Waals surface area contributed by atoms with Crippen LogP contribution in [0.4, 0.5) is 11.4 Å². The van der Waals surface area contributed by atoms with Crippen molar-refractivity contribution in [3.05, 3.63) is 33.9 Å². The third-order valence-corrected chi connectivity index (χ3v) is 3.38. The summed E-state index contributed by atoms with van der Waals surface area (Å²) in [6, 6.07) is 6.06. The highest BCUT2D eigenvalue weighted by Gasteiger charge is 2.43. The van der Waals surface area contributed by atoms with E-state index >= 15 is 0 Å². The topological polar surface area (TPSA) is 120 Å². The van der Waals surface area contributed by atoms with Crippen molar-refractivity contribution in [1.29, 1.82) is 5.26 Å². The molecule has 1 heterocycles. The predicted octanol–water partition coefficient (Wildman–Crippen LogP) is 0.419. The largest absolute Gasteiger partial charge is 0.385 e. The fraction of sp³-hybridized carbons (Fsp3) is 0.385. The molecule has 0 aromatic heterocycles. The van der Waals surface area contributed by atoms with Crippen molar-refractivity contribution in [3.8, 4) is 6.07 Å². The average Bonchev–Trinajstić information content (AvgIpc) is 2.43. The Kier molecular flexibility index (Phi) is 3.78. The van der Waals surface area contributed by atoms with Crippen molar-refractivity contribution >= 4 is 17.3 Å². The zero-order valence-corrected chi connectivity index (χ0v) is 11.4. The number of nitro groups is 1. The SMILES string of the molecule is CNC(=O)c1ccc(N2CC(O)(CC#N)C2)c([N+](=O)[O-])c1. The van der Waals surface area contributed by atoms with Crippen LogP contribution in [0.5, 0.6) is 0 Å². The molecule has 8 heteroatoms. The minimum absolute atomic E-state index is 0.0202. The standard InChI is InChI=1S/C13H14N4O4/c1-15-12(18)9-2-3-10(11(6-9)17(20)21)16-7-13(19,8-16)4-5-14/h2-3,6,19H,4,7-8H2,1H3,(H,15,18). The molecule has 2 rings (SSSR count). The molecule has 0 unspecified atom stereocenters.